The van der Waals surface area contributed by atoms with Gasteiger partial charge >= 0.3 is 0 Å². The van der Waals surface area contributed by atoms with E-state index in [1.165, 1.54) is 37.7 Å². The Kier molecular flexibility index (Phi) is 7.08. The first kappa shape index (κ1) is 23.4. The Morgan fingerprint density at radius 2 is 1.76 bits per heavy atom. The predicted octanol–water partition coefficient (Wildman–Crippen LogP) is 4.57. The number of ether oxygens (including phenoxy) is 2. The van der Waals surface area contributed by atoms with Crippen LogP contribution in [0.3, 0.4) is 0 Å². The smallest absolute Gasteiger partial charge is 0.255 e. The van der Waals surface area contributed by atoms with Crippen molar-refractivity contribution in [3.05, 3.63) is 51.1 Å². The van der Waals surface area contributed by atoms with Crippen LogP contribution in [0.5, 0.6) is 11.5 Å². The van der Waals surface area contributed by atoms with E-state index in [1.54, 1.807) is 14.2 Å². The number of rotatable bonds is 8. The lowest BCUT2D eigenvalue weighted by molar-refractivity contribution is 0.308. The van der Waals surface area contributed by atoms with Gasteiger partial charge in [0.25, 0.3) is 5.56 Å². The third-order valence-electron chi connectivity index (χ3n) is 6.99. The number of hydrogen-bond donors (Lipinski definition) is 1. The highest BCUT2D eigenvalue weighted by atomic mass is 16.5. The molecule has 4 rings (SSSR count). The average Bonchev–Trinajstić information content (AvgIpc) is 3.13. The Morgan fingerprint density at radius 3 is 2.39 bits per heavy atom. The van der Waals surface area contributed by atoms with Gasteiger partial charge < -0.3 is 14.0 Å². The fourth-order valence-corrected chi connectivity index (χ4v) is 5.11. The molecule has 33 heavy (non-hydrogen) atoms. The summed E-state index contributed by atoms with van der Waals surface area (Å²) in [5, 5.41) is 8.36. The number of aryl methyl sites for hydroxylation is 2. The van der Waals surface area contributed by atoms with Crippen molar-refractivity contribution in [1.82, 2.24) is 19.7 Å². The van der Waals surface area contributed by atoms with Crippen molar-refractivity contribution in [2.24, 2.45) is 5.92 Å². The van der Waals surface area contributed by atoms with Crippen LogP contribution in [0, 0.1) is 19.8 Å². The van der Waals surface area contributed by atoms with Gasteiger partial charge in [-0.1, -0.05) is 19.3 Å². The van der Waals surface area contributed by atoms with Crippen molar-refractivity contribution in [1.29, 1.82) is 0 Å². The van der Waals surface area contributed by atoms with E-state index in [1.807, 2.05) is 36.6 Å². The monoisotopic (exact) mass is 452 g/mol. The first-order chi connectivity index (χ1) is 15.9. The molecule has 1 aromatic carbocycles. The van der Waals surface area contributed by atoms with Crippen LogP contribution >= 0.6 is 0 Å². The van der Waals surface area contributed by atoms with Crippen LogP contribution in [0.15, 0.2) is 23.0 Å². The van der Waals surface area contributed by atoms with Crippen molar-refractivity contribution in [2.75, 3.05) is 21.3 Å². The molecule has 178 valence electrons. The van der Waals surface area contributed by atoms with Gasteiger partial charge in [0, 0.05) is 47.9 Å². The molecule has 7 heteroatoms. The summed E-state index contributed by atoms with van der Waals surface area (Å²) < 4.78 is 13.1. The third kappa shape index (κ3) is 4.93. The second-order valence-corrected chi connectivity index (χ2v) is 9.44. The van der Waals surface area contributed by atoms with Crippen molar-refractivity contribution >= 4 is 10.9 Å². The van der Waals surface area contributed by atoms with Crippen LogP contribution in [0.1, 0.15) is 54.6 Å². The molecule has 1 N–H and O–H groups in total. The molecule has 0 atom stereocenters. The maximum Gasteiger partial charge on any atom is 0.255 e. The number of fused-ring (bicyclic) bond motifs is 1. The zero-order valence-electron chi connectivity index (χ0n) is 20.5. The fourth-order valence-electron chi connectivity index (χ4n) is 5.11. The maximum atomic E-state index is 13.7. The highest BCUT2D eigenvalue weighted by Gasteiger charge is 2.20. The first-order valence-corrected chi connectivity index (χ1v) is 11.9. The molecule has 1 fully saturated rings. The van der Waals surface area contributed by atoms with E-state index < -0.39 is 0 Å². The van der Waals surface area contributed by atoms with Gasteiger partial charge in [-0.05, 0) is 51.8 Å². The molecule has 0 aliphatic heterocycles. The van der Waals surface area contributed by atoms with Crippen LogP contribution in [0.2, 0.25) is 0 Å². The molecule has 0 saturated heterocycles. The molecule has 0 radical (unpaired) electrons. The second kappa shape index (κ2) is 10.00. The van der Waals surface area contributed by atoms with E-state index in [4.69, 9.17) is 9.47 Å². The predicted molar refractivity (Wildman–Crippen MR) is 131 cm³/mol. The van der Waals surface area contributed by atoms with Crippen LogP contribution in [-0.4, -0.2) is 40.9 Å². The highest BCUT2D eigenvalue weighted by Crippen LogP contribution is 2.33. The van der Waals surface area contributed by atoms with Crippen LogP contribution in [-0.2, 0) is 19.6 Å². The van der Waals surface area contributed by atoms with Crippen LogP contribution in [0.25, 0.3) is 10.9 Å². The van der Waals surface area contributed by atoms with Gasteiger partial charge in [0.05, 0.1) is 25.4 Å². The van der Waals surface area contributed by atoms with E-state index in [2.05, 4.69) is 22.1 Å². The Labute approximate surface area is 195 Å². The standard InChI is InChI=1S/C26H36N4O3/c1-17-22(18(2)28-27-17)16-29(3)15-21-11-20-12-24(32-4)25(33-5)13-23(20)30(26(21)31)14-19-9-7-6-8-10-19/h11-13,19H,6-10,14-16H2,1-5H3,(H,27,28). The summed E-state index contributed by atoms with van der Waals surface area (Å²) in [6, 6.07) is 5.95. The molecule has 2 aromatic heterocycles. The van der Waals surface area contributed by atoms with E-state index >= 15 is 0 Å². The average molecular weight is 453 g/mol. The van der Waals surface area contributed by atoms with E-state index in [-0.39, 0.29) is 5.56 Å². The topological polar surface area (TPSA) is 72.4 Å². The Morgan fingerprint density at radius 1 is 1.06 bits per heavy atom. The highest BCUT2D eigenvalue weighted by molar-refractivity contribution is 5.83. The number of nitrogens with zero attached hydrogens (tertiary/aromatic N) is 3. The minimum absolute atomic E-state index is 0.0905. The quantitative estimate of drug-likeness (QED) is 0.542. The fraction of sp³-hybridized carbons (Fsp3) is 0.538. The van der Waals surface area contributed by atoms with Gasteiger partial charge in [0.15, 0.2) is 11.5 Å². The Balaban J connectivity index is 1.73. The number of methoxy groups -OCH3 is 2. The van der Waals surface area contributed by atoms with Crippen molar-refractivity contribution in [3.8, 4) is 11.5 Å². The lowest BCUT2D eigenvalue weighted by Gasteiger charge is -2.25. The lowest BCUT2D eigenvalue weighted by atomic mass is 9.89. The van der Waals surface area contributed by atoms with Crippen molar-refractivity contribution < 1.29 is 9.47 Å². The molecule has 0 amide bonds. The first-order valence-electron chi connectivity index (χ1n) is 11.9. The minimum atomic E-state index is 0.0905. The zero-order chi connectivity index (χ0) is 23.5. The molecule has 7 nitrogen and oxygen atoms in total. The number of aromatic nitrogens is 3. The largest absolute Gasteiger partial charge is 0.493 e. The SMILES string of the molecule is COc1cc2cc(CN(C)Cc3c(C)n[nH]c3C)c(=O)n(CC3CCCCC3)c2cc1OC. The number of pyridine rings is 1. The van der Waals surface area contributed by atoms with E-state index in [0.29, 0.717) is 24.0 Å². The molecular weight excluding hydrogens is 416 g/mol. The summed E-state index contributed by atoms with van der Waals surface area (Å²) in [7, 11) is 5.33. The van der Waals surface area contributed by atoms with Gasteiger partial charge in [-0.25, -0.2) is 0 Å². The third-order valence-corrected chi connectivity index (χ3v) is 6.99. The van der Waals surface area contributed by atoms with Gasteiger partial charge in [-0.2, -0.15) is 5.10 Å². The minimum Gasteiger partial charge on any atom is -0.493 e. The number of hydrogen-bond acceptors (Lipinski definition) is 5. The van der Waals surface area contributed by atoms with Crippen LogP contribution in [0.4, 0.5) is 0 Å². The molecule has 3 aromatic rings. The number of H-pyrrole nitrogens is 1. The van der Waals surface area contributed by atoms with Gasteiger partial charge in [0.2, 0.25) is 0 Å². The molecule has 1 saturated carbocycles. The second-order valence-electron chi connectivity index (χ2n) is 9.44. The Hall–Kier alpha value is -2.80. The summed E-state index contributed by atoms with van der Waals surface area (Å²) >= 11 is 0. The summed E-state index contributed by atoms with van der Waals surface area (Å²) in [4.78, 5) is 15.9. The number of benzene rings is 1. The summed E-state index contributed by atoms with van der Waals surface area (Å²) in [6.45, 7) is 6.11. The van der Waals surface area contributed by atoms with Crippen molar-refractivity contribution in [2.45, 2.75) is 65.6 Å². The summed E-state index contributed by atoms with van der Waals surface area (Å²) in [6.07, 6.45) is 6.17. The van der Waals surface area contributed by atoms with Gasteiger partial charge in [-0.15, -0.1) is 0 Å². The molecule has 0 unspecified atom stereocenters. The molecule has 0 spiro atoms. The molecule has 1 aliphatic rings. The summed E-state index contributed by atoms with van der Waals surface area (Å²) in [5.74, 6) is 1.87. The molecular formula is C26H36N4O3. The van der Waals surface area contributed by atoms with Gasteiger partial charge in [-0.3, -0.25) is 14.8 Å². The van der Waals surface area contributed by atoms with Crippen molar-refractivity contribution in [3.63, 3.8) is 0 Å². The normalized spacial score (nSPS) is 14.8. The Bertz CT molecular complexity index is 1150. The summed E-state index contributed by atoms with van der Waals surface area (Å²) in [5.41, 5.74) is 5.07. The maximum absolute atomic E-state index is 13.7. The molecule has 0 bridgehead atoms. The number of aromatic amines is 1. The number of nitrogens with one attached hydrogen (secondary N) is 1. The lowest BCUT2D eigenvalue weighted by Crippen LogP contribution is -2.31. The molecule has 1 aliphatic carbocycles. The van der Waals surface area contributed by atoms with Crippen LogP contribution < -0.4 is 15.0 Å². The zero-order valence-corrected chi connectivity index (χ0v) is 20.5. The molecule has 2 heterocycles. The van der Waals surface area contributed by atoms with Gasteiger partial charge in [0.1, 0.15) is 0 Å². The van der Waals surface area contributed by atoms with E-state index in [0.717, 1.165) is 40.9 Å². The van der Waals surface area contributed by atoms with E-state index in [9.17, 15) is 4.79 Å².